The zero-order valence-corrected chi connectivity index (χ0v) is 18.0. The molecule has 7 heteroatoms. The second-order valence-electron chi connectivity index (χ2n) is 9.05. The van der Waals surface area contributed by atoms with Crippen molar-refractivity contribution in [1.82, 2.24) is 10.2 Å². The Kier molecular flexibility index (Phi) is 5.01. The summed E-state index contributed by atoms with van der Waals surface area (Å²) in [5, 5.41) is 6.46. The Morgan fingerprint density at radius 1 is 1.27 bits per heavy atom. The molecule has 2 aromatic rings. The summed E-state index contributed by atoms with van der Waals surface area (Å²) in [4.78, 5) is 28.4. The van der Waals surface area contributed by atoms with Crippen LogP contribution in [0.25, 0.3) is 0 Å². The van der Waals surface area contributed by atoms with Gasteiger partial charge in [0, 0.05) is 22.8 Å². The number of carbonyl (C=O) groups excluding carboxylic acids is 2. The lowest BCUT2D eigenvalue weighted by Crippen LogP contribution is -2.58. The van der Waals surface area contributed by atoms with Crippen LogP contribution in [0.15, 0.2) is 42.5 Å². The Bertz CT molecular complexity index is 1020. The molecule has 2 atom stereocenters. The maximum absolute atomic E-state index is 14.2. The maximum atomic E-state index is 14.2. The van der Waals surface area contributed by atoms with Crippen LogP contribution in [0.5, 0.6) is 0 Å². The fourth-order valence-corrected chi connectivity index (χ4v) is 4.87. The molecule has 0 saturated carbocycles. The summed E-state index contributed by atoms with van der Waals surface area (Å²) in [7, 11) is 0. The monoisotopic (exact) mass is 429 g/mol. The minimum atomic E-state index is -1.01. The summed E-state index contributed by atoms with van der Waals surface area (Å²) in [6, 6.07) is 10.6. The molecule has 1 fully saturated rings. The fraction of sp³-hybridized carbons (Fsp3) is 0.391. The molecule has 4 rings (SSSR count). The van der Waals surface area contributed by atoms with Crippen LogP contribution in [0.3, 0.4) is 0 Å². The van der Waals surface area contributed by atoms with Gasteiger partial charge in [-0.15, -0.1) is 0 Å². The predicted octanol–water partition coefficient (Wildman–Crippen LogP) is 5.01. The highest BCUT2D eigenvalue weighted by molar-refractivity contribution is 6.31. The molecule has 3 amide bonds. The average molecular weight is 430 g/mol. The second-order valence-corrected chi connectivity index (χ2v) is 9.49. The zero-order chi connectivity index (χ0) is 21.7. The predicted molar refractivity (Wildman–Crippen MR) is 115 cm³/mol. The van der Waals surface area contributed by atoms with E-state index < -0.39 is 22.8 Å². The molecular formula is C23H25ClFN3O2. The molecule has 0 aliphatic carbocycles. The van der Waals surface area contributed by atoms with Crippen LogP contribution in [0.4, 0.5) is 14.9 Å². The third-order valence-electron chi connectivity index (χ3n) is 5.77. The number of carbonyl (C=O) groups is 2. The number of nitrogens with zero attached hydrogens (tertiary/aromatic N) is 1. The van der Waals surface area contributed by atoms with Crippen molar-refractivity contribution in [2.75, 3.05) is 11.9 Å². The highest BCUT2D eigenvalue weighted by Crippen LogP contribution is 2.54. The van der Waals surface area contributed by atoms with Gasteiger partial charge >= 0.3 is 6.03 Å². The van der Waals surface area contributed by atoms with Crippen molar-refractivity contribution in [3.63, 3.8) is 0 Å². The van der Waals surface area contributed by atoms with Gasteiger partial charge in [0.1, 0.15) is 11.2 Å². The fourth-order valence-electron chi connectivity index (χ4n) is 4.70. The Labute approximate surface area is 180 Å². The molecule has 2 aliphatic heterocycles. The third-order valence-corrected chi connectivity index (χ3v) is 6.01. The first-order valence-corrected chi connectivity index (χ1v) is 10.5. The van der Waals surface area contributed by atoms with Gasteiger partial charge in [0.25, 0.3) is 0 Å². The average Bonchev–Trinajstić information content (AvgIpc) is 2.91. The van der Waals surface area contributed by atoms with Crippen molar-refractivity contribution >= 4 is 29.2 Å². The number of piperidine rings is 1. The molecule has 2 aliphatic rings. The molecule has 2 aromatic carbocycles. The van der Waals surface area contributed by atoms with Crippen molar-refractivity contribution in [3.8, 4) is 0 Å². The Morgan fingerprint density at radius 3 is 2.73 bits per heavy atom. The molecule has 1 spiro atoms. The first-order chi connectivity index (χ1) is 14.1. The second kappa shape index (κ2) is 7.27. The molecule has 1 saturated heterocycles. The van der Waals surface area contributed by atoms with Gasteiger partial charge in [-0.25, -0.2) is 9.18 Å². The van der Waals surface area contributed by atoms with Gasteiger partial charge in [0.2, 0.25) is 5.91 Å². The molecule has 2 heterocycles. The van der Waals surface area contributed by atoms with Gasteiger partial charge in [-0.1, -0.05) is 29.8 Å². The summed E-state index contributed by atoms with van der Waals surface area (Å²) in [6.07, 6.45) is 1.20. The minimum Gasteiger partial charge on any atom is -0.333 e. The molecule has 30 heavy (non-hydrogen) atoms. The summed E-state index contributed by atoms with van der Waals surface area (Å²) in [5.74, 6) is -0.596. The van der Waals surface area contributed by atoms with E-state index in [0.717, 1.165) is 5.56 Å². The van der Waals surface area contributed by atoms with Gasteiger partial charge in [0.15, 0.2) is 0 Å². The molecule has 1 unspecified atom stereocenters. The number of hydrogen-bond acceptors (Lipinski definition) is 2. The van der Waals surface area contributed by atoms with E-state index in [2.05, 4.69) is 10.6 Å². The van der Waals surface area contributed by atoms with Crippen LogP contribution in [-0.2, 0) is 10.2 Å². The van der Waals surface area contributed by atoms with Crippen molar-refractivity contribution in [2.24, 2.45) is 0 Å². The zero-order valence-electron chi connectivity index (χ0n) is 17.3. The van der Waals surface area contributed by atoms with Crippen LogP contribution in [-0.4, -0.2) is 28.9 Å². The molecule has 158 valence electrons. The number of benzene rings is 2. The topological polar surface area (TPSA) is 61.4 Å². The lowest BCUT2D eigenvalue weighted by molar-refractivity contribution is -0.124. The third kappa shape index (κ3) is 3.43. The van der Waals surface area contributed by atoms with E-state index in [-0.39, 0.29) is 11.9 Å². The summed E-state index contributed by atoms with van der Waals surface area (Å²) in [5.41, 5.74) is 0.571. The van der Waals surface area contributed by atoms with Crippen molar-refractivity contribution in [3.05, 3.63) is 64.4 Å². The number of nitrogens with one attached hydrogen (secondary N) is 2. The number of fused-ring (bicyclic) bond motifs is 2. The van der Waals surface area contributed by atoms with Gasteiger partial charge in [0.05, 0.1) is 6.04 Å². The van der Waals surface area contributed by atoms with E-state index in [0.29, 0.717) is 35.7 Å². The van der Waals surface area contributed by atoms with Gasteiger partial charge in [-0.2, -0.15) is 0 Å². The summed E-state index contributed by atoms with van der Waals surface area (Å²) in [6.45, 7) is 6.19. The Balaban J connectivity index is 1.90. The van der Waals surface area contributed by atoms with E-state index in [4.69, 9.17) is 11.6 Å². The lowest BCUT2D eigenvalue weighted by Gasteiger charge is -2.47. The number of halogens is 2. The van der Waals surface area contributed by atoms with Gasteiger partial charge in [-0.05, 0) is 69.0 Å². The molecule has 0 aromatic heterocycles. The van der Waals surface area contributed by atoms with E-state index in [1.165, 1.54) is 12.1 Å². The minimum absolute atomic E-state index is 0.192. The first kappa shape index (κ1) is 20.7. The standard InChI is InChI=1S/C23H25ClFN3O2/c1-22(2,3)27-21(30)28-11-5-10-23(19(28)14-6-4-7-16(25)12-14)17-9-8-15(24)13-18(17)26-20(23)29/h4,6-9,12-13,19H,5,10-11H2,1-3H3,(H,26,29)(H,27,30)/t19-,23?/m1/s1. The van der Waals surface area contributed by atoms with Crippen LogP contribution in [0.1, 0.15) is 50.8 Å². The van der Waals surface area contributed by atoms with Crippen LogP contribution in [0, 0.1) is 5.82 Å². The SMILES string of the molecule is CC(C)(C)NC(=O)N1CCCC2(C(=O)Nc3cc(Cl)ccc32)[C@H]1c1cccc(F)c1. The highest BCUT2D eigenvalue weighted by atomic mass is 35.5. The Hall–Kier alpha value is -2.60. The summed E-state index contributed by atoms with van der Waals surface area (Å²) < 4.78 is 14.2. The number of urea groups is 1. The van der Waals surface area contributed by atoms with Crippen molar-refractivity contribution < 1.29 is 14.0 Å². The van der Waals surface area contributed by atoms with Gasteiger partial charge < -0.3 is 15.5 Å². The smallest absolute Gasteiger partial charge is 0.318 e. The van der Waals surface area contributed by atoms with Crippen LogP contribution in [0.2, 0.25) is 5.02 Å². The largest absolute Gasteiger partial charge is 0.333 e. The van der Waals surface area contributed by atoms with E-state index >= 15 is 0 Å². The van der Waals surface area contributed by atoms with E-state index in [1.54, 1.807) is 29.2 Å². The van der Waals surface area contributed by atoms with Crippen LogP contribution >= 0.6 is 11.6 Å². The number of likely N-dealkylation sites (tertiary alicyclic amines) is 1. The normalized spacial score (nSPS) is 23.3. The molecule has 0 radical (unpaired) electrons. The lowest BCUT2D eigenvalue weighted by atomic mass is 9.67. The van der Waals surface area contributed by atoms with Crippen molar-refractivity contribution in [1.29, 1.82) is 0 Å². The van der Waals surface area contributed by atoms with E-state index in [9.17, 15) is 14.0 Å². The van der Waals surface area contributed by atoms with Gasteiger partial charge in [-0.3, -0.25) is 4.79 Å². The maximum Gasteiger partial charge on any atom is 0.318 e. The molecule has 2 N–H and O–H groups in total. The molecule has 5 nitrogen and oxygen atoms in total. The first-order valence-electron chi connectivity index (χ1n) is 10.1. The Morgan fingerprint density at radius 2 is 2.03 bits per heavy atom. The summed E-state index contributed by atoms with van der Waals surface area (Å²) >= 11 is 6.15. The number of amides is 3. The number of hydrogen-bond donors (Lipinski definition) is 2. The quantitative estimate of drug-likeness (QED) is 0.669. The van der Waals surface area contributed by atoms with Crippen LogP contribution < -0.4 is 10.6 Å². The van der Waals surface area contributed by atoms with E-state index in [1.807, 2.05) is 26.8 Å². The number of rotatable bonds is 1. The molecule has 0 bridgehead atoms. The van der Waals surface area contributed by atoms with Crippen molar-refractivity contribution in [2.45, 2.75) is 50.6 Å². The molecular weight excluding hydrogens is 405 g/mol. The number of anilines is 1. The highest BCUT2D eigenvalue weighted by Gasteiger charge is 2.57.